The second-order valence-corrected chi connectivity index (χ2v) is 5.45. The van der Waals surface area contributed by atoms with Gasteiger partial charge in [0, 0.05) is 0 Å². The molecule has 1 nitrogen and oxygen atoms in total. The molecule has 0 aliphatic rings. The number of thiol groups is 1. The number of hydrogen-bond donors (Lipinski definition) is 1. The molecule has 0 saturated heterocycles. The highest BCUT2D eigenvalue weighted by Crippen LogP contribution is 2.27. The Morgan fingerprint density at radius 3 is 2.26 bits per heavy atom. The van der Waals surface area contributed by atoms with E-state index in [0.29, 0.717) is 11.6 Å². The van der Waals surface area contributed by atoms with Gasteiger partial charge in [-0.2, -0.15) is 12.6 Å². The van der Waals surface area contributed by atoms with Gasteiger partial charge in [-0.15, -0.1) is 0 Å². The predicted octanol–water partition coefficient (Wildman–Crippen LogP) is 5.52. The Labute approximate surface area is 125 Å². The minimum atomic E-state index is -0.390. The number of rotatable bonds is 10. The van der Waals surface area contributed by atoms with Gasteiger partial charge in [0.25, 0.3) is 0 Å². The average molecular weight is 305 g/mol. The van der Waals surface area contributed by atoms with E-state index in [1.54, 1.807) is 12.1 Å². The number of benzene rings is 1. The maximum atomic E-state index is 13.4. The van der Waals surface area contributed by atoms with Crippen LogP contribution in [0.5, 0.6) is 5.75 Å². The Balaban J connectivity index is 2.05. The van der Waals surface area contributed by atoms with E-state index >= 15 is 0 Å². The van der Waals surface area contributed by atoms with Crippen LogP contribution in [0.1, 0.15) is 44.9 Å². The molecule has 0 amide bonds. The number of halogens is 2. The van der Waals surface area contributed by atoms with E-state index in [9.17, 15) is 4.39 Å². The summed E-state index contributed by atoms with van der Waals surface area (Å²) in [6.07, 6.45) is 8.28. The van der Waals surface area contributed by atoms with E-state index < -0.39 is 0 Å². The lowest BCUT2D eigenvalue weighted by Gasteiger charge is -2.08. The Bertz CT molecular complexity index is 340. The van der Waals surface area contributed by atoms with E-state index in [0.717, 1.165) is 18.6 Å². The summed E-state index contributed by atoms with van der Waals surface area (Å²) in [6.45, 7) is 0.525. The van der Waals surface area contributed by atoms with Gasteiger partial charge in [-0.05, 0) is 30.7 Å². The average Bonchev–Trinajstić information content (AvgIpc) is 2.40. The molecule has 0 bridgehead atoms. The lowest BCUT2D eigenvalue weighted by molar-refractivity contribution is 0.290. The van der Waals surface area contributed by atoms with Crippen molar-refractivity contribution in [3.8, 4) is 5.75 Å². The van der Waals surface area contributed by atoms with Gasteiger partial charge in [0.2, 0.25) is 0 Å². The van der Waals surface area contributed by atoms with E-state index in [1.165, 1.54) is 38.2 Å². The summed E-state index contributed by atoms with van der Waals surface area (Å²) < 4.78 is 18.8. The van der Waals surface area contributed by atoms with E-state index in [1.807, 2.05) is 0 Å². The zero-order valence-corrected chi connectivity index (χ0v) is 12.9. The van der Waals surface area contributed by atoms with Gasteiger partial charge in [0.05, 0.1) is 11.6 Å². The maximum Gasteiger partial charge on any atom is 0.173 e. The molecule has 19 heavy (non-hydrogen) atoms. The molecule has 0 spiro atoms. The Morgan fingerprint density at radius 2 is 1.63 bits per heavy atom. The third-order valence-electron chi connectivity index (χ3n) is 2.97. The highest BCUT2D eigenvalue weighted by atomic mass is 35.5. The van der Waals surface area contributed by atoms with Crippen LogP contribution in [0.4, 0.5) is 4.39 Å². The van der Waals surface area contributed by atoms with Crippen LogP contribution in [-0.2, 0) is 0 Å². The first-order chi connectivity index (χ1) is 9.25. The largest absolute Gasteiger partial charge is 0.489 e. The van der Waals surface area contributed by atoms with Crippen LogP contribution in [0.25, 0.3) is 0 Å². The summed E-state index contributed by atoms with van der Waals surface area (Å²) in [7, 11) is 0. The third kappa shape index (κ3) is 7.07. The first kappa shape index (κ1) is 16.6. The van der Waals surface area contributed by atoms with Crippen LogP contribution in [0.2, 0.25) is 5.02 Å². The van der Waals surface area contributed by atoms with Crippen LogP contribution >= 0.6 is 24.2 Å². The molecule has 1 aromatic rings. The summed E-state index contributed by atoms with van der Waals surface area (Å²) in [5.41, 5.74) is 0. The van der Waals surface area contributed by atoms with Crippen molar-refractivity contribution in [1.82, 2.24) is 0 Å². The van der Waals surface area contributed by atoms with Crippen molar-refractivity contribution in [2.45, 2.75) is 44.9 Å². The van der Waals surface area contributed by atoms with Crippen molar-refractivity contribution in [3.63, 3.8) is 0 Å². The van der Waals surface area contributed by atoms with Crippen LogP contribution < -0.4 is 4.74 Å². The monoisotopic (exact) mass is 304 g/mol. The summed E-state index contributed by atoms with van der Waals surface area (Å²) >= 11 is 10.1. The van der Waals surface area contributed by atoms with Crippen molar-refractivity contribution >= 4 is 24.2 Å². The van der Waals surface area contributed by atoms with Crippen LogP contribution in [0.15, 0.2) is 18.2 Å². The van der Waals surface area contributed by atoms with Crippen LogP contribution in [0.3, 0.4) is 0 Å². The first-order valence-corrected chi connectivity index (χ1v) is 7.94. The minimum Gasteiger partial charge on any atom is -0.489 e. The molecule has 0 unspecified atom stereocenters. The summed E-state index contributed by atoms with van der Waals surface area (Å²) in [4.78, 5) is 0. The van der Waals surface area contributed by atoms with Gasteiger partial charge in [-0.3, -0.25) is 0 Å². The molecule has 0 fully saturated rings. The fraction of sp³-hybridized carbons (Fsp3) is 0.600. The van der Waals surface area contributed by atoms with Crippen molar-refractivity contribution in [2.24, 2.45) is 0 Å². The summed E-state index contributed by atoms with van der Waals surface area (Å²) in [5, 5.41) is 0.340. The number of hydrogen-bond acceptors (Lipinski definition) is 2. The highest BCUT2D eigenvalue weighted by molar-refractivity contribution is 7.80. The maximum absolute atomic E-state index is 13.4. The number of unbranched alkanes of at least 4 members (excludes halogenated alkanes) is 6. The van der Waals surface area contributed by atoms with E-state index in [-0.39, 0.29) is 11.6 Å². The number of ether oxygens (including phenoxy) is 1. The SMILES string of the molecule is Fc1cccc(Cl)c1OCCCCCCCCCS. The Morgan fingerprint density at radius 1 is 1.00 bits per heavy atom. The molecular formula is C15H22ClFOS. The normalized spacial score (nSPS) is 10.7. The molecule has 0 radical (unpaired) electrons. The smallest absolute Gasteiger partial charge is 0.173 e. The second-order valence-electron chi connectivity index (χ2n) is 4.60. The fourth-order valence-electron chi connectivity index (χ4n) is 1.89. The topological polar surface area (TPSA) is 9.23 Å². The second kappa shape index (κ2) is 10.4. The van der Waals surface area contributed by atoms with Gasteiger partial charge >= 0.3 is 0 Å². The van der Waals surface area contributed by atoms with Gasteiger partial charge in [-0.25, -0.2) is 4.39 Å². The molecule has 0 N–H and O–H groups in total. The standard InChI is InChI=1S/C15H22ClFOS/c16-13-9-8-10-14(17)15(13)18-11-6-4-2-1-3-5-7-12-19/h8-10,19H,1-7,11-12H2. The molecule has 1 rings (SSSR count). The molecule has 4 heteroatoms. The highest BCUT2D eigenvalue weighted by Gasteiger charge is 2.07. The molecule has 0 aliphatic carbocycles. The zero-order chi connectivity index (χ0) is 13.9. The van der Waals surface area contributed by atoms with Gasteiger partial charge in [0.15, 0.2) is 11.6 Å². The third-order valence-corrected chi connectivity index (χ3v) is 3.58. The Hall–Kier alpha value is -0.410. The van der Waals surface area contributed by atoms with Crippen molar-refractivity contribution in [3.05, 3.63) is 29.0 Å². The predicted molar refractivity (Wildman–Crippen MR) is 83.1 cm³/mol. The Kier molecular flexibility index (Phi) is 9.10. The van der Waals surface area contributed by atoms with E-state index in [4.69, 9.17) is 16.3 Å². The molecule has 0 heterocycles. The van der Waals surface area contributed by atoms with Gasteiger partial charge in [0.1, 0.15) is 0 Å². The minimum absolute atomic E-state index is 0.179. The quantitative estimate of drug-likeness (QED) is 0.442. The zero-order valence-electron chi connectivity index (χ0n) is 11.2. The summed E-state index contributed by atoms with van der Waals surface area (Å²) in [6, 6.07) is 4.58. The molecule has 0 aliphatic heterocycles. The molecule has 0 aromatic heterocycles. The first-order valence-electron chi connectivity index (χ1n) is 6.93. The van der Waals surface area contributed by atoms with Gasteiger partial charge < -0.3 is 4.74 Å². The van der Waals surface area contributed by atoms with Crippen molar-refractivity contribution < 1.29 is 9.13 Å². The molecule has 108 valence electrons. The number of para-hydroxylation sites is 1. The van der Waals surface area contributed by atoms with Crippen LogP contribution in [0, 0.1) is 5.82 Å². The lowest BCUT2D eigenvalue weighted by Crippen LogP contribution is -1.99. The molecular weight excluding hydrogens is 283 g/mol. The molecule has 1 aromatic carbocycles. The summed E-state index contributed by atoms with van der Waals surface area (Å²) in [5.74, 6) is 0.772. The van der Waals surface area contributed by atoms with Gasteiger partial charge in [-0.1, -0.05) is 49.8 Å². The van der Waals surface area contributed by atoms with Crippen LogP contribution in [-0.4, -0.2) is 12.4 Å². The lowest BCUT2D eigenvalue weighted by atomic mass is 10.1. The molecule has 0 atom stereocenters. The fourth-order valence-corrected chi connectivity index (χ4v) is 2.33. The van der Waals surface area contributed by atoms with E-state index in [2.05, 4.69) is 12.6 Å². The van der Waals surface area contributed by atoms with Crippen molar-refractivity contribution in [2.75, 3.05) is 12.4 Å². The van der Waals surface area contributed by atoms with Crippen molar-refractivity contribution in [1.29, 1.82) is 0 Å². The molecule has 0 saturated carbocycles.